The van der Waals surface area contributed by atoms with Gasteiger partial charge in [0.2, 0.25) is 6.41 Å². The van der Waals surface area contributed by atoms with E-state index in [4.69, 9.17) is 0 Å². The molecule has 1 rings (SSSR count). The van der Waals surface area contributed by atoms with Crippen molar-refractivity contribution in [3.05, 3.63) is 0 Å². The van der Waals surface area contributed by atoms with Crippen LogP contribution in [0.5, 0.6) is 0 Å². The van der Waals surface area contributed by atoms with Gasteiger partial charge in [0.1, 0.15) is 0 Å². The molecule has 0 saturated heterocycles. The topological polar surface area (TPSA) is 40.5 Å². The number of hydrogen-bond acceptors (Lipinski definition) is 2. The van der Waals surface area contributed by atoms with Gasteiger partial charge in [0.15, 0.2) is 0 Å². The molecule has 0 unspecified atom stereocenters. The summed E-state index contributed by atoms with van der Waals surface area (Å²) in [6.07, 6.45) is 5.44. The Kier molecular flexibility index (Phi) is 4.22. The second-order valence-corrected chi connectivity index (χ2v) is 3.81. The fraction of sp³-hybridized carbons (Fsp3) is 0.900. The molecule has 0 radical (unpaired) electrons. The van der Waals surface area contributed by atoms with Crippen molar-refractivity contribution in [2.75, 3.05) is 6.54 Å². The number of aliphatic hydroxyl groups is 1. The highest BCUT2D eigenvalue weighted by Crippen LogP contribution is 2.22. The van der Waals surface area contributed by atoms with Gasteiger partial charge in [0, 0.05) is 12.6 Å². The molecule has 0 aromatic rings. The summed E-state index contributed by atoms with van der Waals surface area (Å²) in [4.78, 5) is 12.6. The molecule has 0 aliphatic heterocycles. The van der Waals surface area contributed by atoms with Gasteiger partial charge in [-0.3, -0.25) is 4.79 Å². The lowest BCUT2D eigenvalue weighted by Gasteiger charge is -2.32. The summed E-state index contributed by atoms with van der Waals surface area (Å²) in [5, 5.41) is 9.30. The maximum atomic E-state index is 10.7. The van der Waals surface area contributed by atoms with Crippen molar-refractivity contribution in [3.63, 3.8) is 0 Å². The normalized spacial score (nSPS) is 28.5. The van der Waals surface area contributed by atoms with Crippen molar-refractivity contribution < 1.29 is 9.90 Å². The zero-order chi connectivity index (χ0) is 9.68. The predicted octanol–water partition coefficient (Wildman–Crippen LogP) is 1.16. The van der Waals surface area contributed by atoms with Gasteiger partial charge in [-0.15, -0.1) is 0 Å². The van der Waals surface area contributed by atoms with Crippen LogP contribution in [0.15, 0.2) is 0 Å². The minimum atomic E-state index is -0.133. The van der Waals surface area contributed by atoms with Crippen molar-refractivity contribution in [2.45, 2.75) is 51.2 Å². The van der Waals surface area contributed by atoms with Crippen LogP contribution >= 0.6 is 0 Å². The molecule has 1 saturated carbocycles. The summed E-state index contributed by atoms with van der Waals surface area (Å²) in [6, 6.07) is 0.376. The van der Waals surface area contributed by atoms with E-state index >= 15 is 0 Å². The number of rotatable bonds is 4. The van der Waals surface area contributed by atoms with Crippen molar-refractivity contribution >= 4 is 6.41 Å². The molecule has 0 aromatic heterocycles. The van der Waals surface area contributed by atoms with Gasteiger partial charge in [-0.1, -0.05) is 6.92 Å². The molecule has 1 fully saturated rings. The first-order valence-corrected chi connectivity index (χ1v) is 5.17. The molecular weight excluding hydrogens is 166 g/mol. The average molecular weight is 185 g/mol. The highest BCUT2D eigenvalue weighted by atomic mass is 16.3. The average Bonchev–Trinajstić information content (AvgIpc) is 2.16. The van der Waals surface area contributed by atoms with Crippen LogP contribution in [-0.2, 0) is 4.79 Å². The molecule has 1 aliphatic carbocycles. The molecule has 0 bridgehead atoms. The number of aliphatic hydroxyl groups excluding tert-OH is 1. The molecule has 1 amide bonds. The van der Waals surface area contributed by atoms with Crippen molar-refractivity contribution in [1.82, 2.24) is 4.90 Å². The van der Waals surface area contributed by atoms with E-state index < -0.39 is 0 Å². The molecule has 0 spiro atoms. The Morgan fingerprint density at radius 3 is 2.46 bits per heavy atom. The Balaban J connectivity index is 2.36. The van der Waals surface area contributed by atoms with Gasteiger partial charge < -0.3 is 10.0 Å². The molecule has 0 atom stereocenters. The SMILES string of the molecule is CCCN(C=O)C1CCC(O)CC1. The van der Waals surface area contributed by atoms with E-state index in [1.54, 1.807) is 0 Å². The zero-order valence-corrected chi connectivity index (χ0v) is 8.28. The number of hydrogen-bond donors (Lipinski definition) is 1. The lowest BCUT2D eigenvalue weighted by atomic mass is 9.92. The second-order valence-electron chi connectivity index (χ2n) is 3.81. The monoisotopic (exact) mass is 185 g/mol. The summed E-state index contributed by atoms with van der Waals surface area (Å²) in [7, 11) is 0. The quantitative estimate of drug-likeness (QED) is 0.668. The van der Waals surface area contributed by atoms with E-state index in [0.717, 1.165) is 45.1 Å². The first-order chi connectivity index (χ1) is 6.27. The van der Waals surface area contributed by atoms with E-state index in [1.165, 1.54) is 0 Å². The molecule has 76 valence electrons. The van der Waals surface area contributed by atoms with Crippen LogP contribution in [-0.4, -0.2) is 35.1 Å². The Labute approximate surface area is 79.7 Å². The number of carbonyl (C=O) groups is 1. The van der Waals surface area contributed by atoms with E-state index in [9.17, 15) is 9.90 Å². The summed E-state index contributed by atoms with van der Waals surface area (Å²) < 4.78 is 0. The minimum absolute atomic E-state index is 0.133. The largest absolute Gasteiger partial charge is 0.393 e. The fourth-order valence-electron chi connectivity index (χ4n) is 1.97. The third kappa shape index (κ3) is 2.99. The highest BCUT2D eigenvalue weighted by molar-refractivity contribution is 5.47. The van der Waals surface area contributed by atoms with Crippen LogP contribution in [0.3, 0.4) is 0 Å². The standard InChI is InChI=1S/C10H19NO2/c1-2-7-11(8-12)9-3-5-10(13)6-4-9/h8-10,13H,2-7H2,1H3. The van der Waals surface area contributed by atoms with Crippen LogP contribution in [0.25, 0.3) is 0 Å². The Morgan fingerprint density at radius 1 is 1.38 bits per heavy atom. The van der Waals surface area contributed by atoms with Crippen LogP contribution in [0.4, 0.5) is 0 Å². The van der Waals surface area contributed by atoms with Crippen LogP contribution in [0, 0.1) is 0 Å². The smallest absolute Gasteiger partial charge is 0.209 e. The summed E-state index contributed by atoms with van der Waals surface area (Å²) in [6.45, 7) is 2.93. The minimum Gasteiger partial charge on any atom is -0.393 e. The van der Waals surface area contributed by atoms with E-state index in [2.05, 4.69) is 6.92 Å². The van der Waals surface area contributed by atoms with E-state index in [-0.39, 0.29) is 6.10 Å². The number of amides is 1. The van der Waals surface area contributed by atoms with Gasteiger partial charge in [0.25, 0.3) is 0 Å². The Bertz CT molecular complexity index is 153. The predicted molar refractivity (Wildman–Crippen MR) is 51.3 cm³/mol. The van der Waals surface area contributed by atoms with Gasteiger partial charge in [-0.05, 0) is 32.1 Å². The lowest BCUT2D eigenvalue weighted by molar-refractivity contribution is -0.121. The zero-order valence-electron chi connectivity index (χ0n) is 8.28. The second kappa shape index (κ2) is 5.22. The van der Waals surface area contributed by atoms with Crippen molar-refractivity contribution in [2.24, 2.45) is 0 Å². The molecule has 0 aromatic carbocycles. The van der Waals surface area contributed by atoms with Gasteiger partial charge in [-0.25, -0.2) is 0 Å². The van der Waals surface area contributed by atoms with E-state index in [0.29, 0.717) is 6.04 Å². The van der Waals surface area contributed by atoms with Crippen molar-refractivity contribution in [1.29, 1.82) is 0 Å². The number of carbonyl (C=O) groups excluding carboxylic acids is 1. The highest BCUT2D eigenvalue weighted by Gasteiger charge is 2.23. The molecule has 13 heavy (non-hydrogen) atoms. The van der Waals surface area contributed by atoms with E-state index in [1.807, 2.05) is 4.90 Å². The van der Waals surface area contributed by atoms with Gasteiger partial charge >= 0.3 is 0 Å². The first kappa shape index (κ1) is 10.5. The van der Waals surface area contributed by atoms with Gasteiger partial charge in [-0.2, -0.15) is 0 Å². The third-order valence-electron chi connectivity index (χ3n) is 2.75. The molecular formula is C10H19NO2. The molecule has 3 heteroatoms. The third-order valence-corrected chi connectivity index (χ3v) is 2.75. The first-order valence-electron chi connectivity index (χ1n) is 5.17. The summed E-state index contributed by atoms with van der Waals surface area (Å²) in [5.41, 5.74) is 0. The molecule has 0 heterocycles. The van der Waals surface area contributed by atoms with Crippen LogP contribution in [0.1, 0.15) is 39.0 Å². The summed E-state index contributed by atoms with van der Waals surface area (Å²) >= 11 is 0. The molecule has 1 N–H and O–H groups in total. The van der Waals surface area contributed by atoms with Crippen LogP contribution in [0.2, 0.25) is 0 Å². The summed E-state index contributed by atoms with van der Waals surface area (Å²) in [5.74, 6) is 0. The number of nitrogens with zero attached hydrogens (tertiary/aromatic N) is 1. The fourth-order valence-corrected chi connectivity index (χ4v) is 1.97. The van der Waals surface area contributed by atoms with Crippen molar-refractivity contribution in [3.8, 4) is 0 Å². The maximum absolute atomic E-state index is 10.7. The maximum Gasteiger partial charge on any atom is 0.209 e. The van der Waals surface area contributed by atoms with Gasteiger partial charge in [0.05, 0.1) is 6.10 Å². The Hall–Kier alpha value is -0.570. The van der Waals surface area contributed by atoms with Crippen LogP contribution < -0.4 is 0 Å². The lowest BCUT2D eigenvalue weighted by Crippen LogP contribution is -2.38. The Morgan fingerprint density at radius 2 is 2.00 bits per heavy atom. The molecule has 3 nitrogen and oxygen atoms in total. The molecule has 1 aliphatic rings.